The Morgan fingerprint density at radius 1 is 1.50 bits per heavy atom. The van der Waals surface area contributed by atoms with Crippen LogP contribution in [-0.4, -0.2) is 11.4 Å². The summed E-state index contributed by atoms with van der Waals surface area (Å²) < 4.78 is 0. The van der Waals surface area contributed by atoms with Crippen LogP contribution in [0.5, 0.6) is 5.75 Å². The second kappa shape index (κ2) is 3.39. The van der Waals surface area contributed by atoms with E-state index in [0.717, 1.165) is 23.8 Å². The molecule has 1 rings (SSSR count). The molecule has 1 aromatic rings. The molecule has 0 heterocycles. The average molecular weight is 164 g/mol. The van der Waals surface area contributed by atoms with Crippen molar-refractivity contribution in [3.8, 4) is 5.75 Å². The molecule has 0 aliphatic rings. The van der Waals surface area contributed by atoms with Gasteiger partial charge in [0, 0.05) is 5.56 Å². The Hall–Kier alpha value is -1.31. The van der Waals surface area contributed by atoms with Crippen LogP contribution >= 0.6 is 0 Å². The molecule has 12 heavy (non-hydrogen) atoms. The third kappa shape index (κ3) is 1.47. The normalized spacial score (nSPS) is 9.83. The molecule has 0 fully saturated rings. The van der Waals surface area contributed by atoms with Crippen molar-refractivity contribution in [2.45, 2.75) is 20.3 Å². The maximum Gasteiger partial charge on any atom is 0.150 e. The fourth-order valence-corrected chi connectivity index (χ4v) is 1.31. The molecule has 1 aromatic carbocycles. The topological polar surface area (TPSA) is 37.3 Å². The van der Waals surface area contributed by atoms with Gasteiger partial charge in [-0.2, -0.15) is 0 Å². The fraction of sp³-hybridized carbons (Fsp3) is 0.300. The van der Waals surface area contributed by atoms with E-state index >= 15 is 0 Å². The van der Waals surface area contributed by atoms with Crippen LogP contribution in [0.4, 0.5) is 0 Å². The number of phenols is 1. The number of hydrogen-bond acceptors (Lipinski definition) is 2. The predicted molar refractivity (Wildman–Crippen MR) is 47.6 cm³/mol. The molecule has 0 aliphatic carbocycles. The van der Waals surface area contributed by atoms with Gasteiger partial charge in [-0.25, -0.2) is 0 Å². The van der Waals surface area contributed by atoms with Crippen molar-refractivity contribution in [2.24, 2.45) is 0 Å². The smallest absolute Gasteiger partial charge is 0.150 e. The lowest BCUT2D eigenvalue weighted by atomic mass is 10.0. The van der Waals surface area contributed by atoms with Crippen LogP contribution in [0.25, 0.3) is 0 Å². The van der Waals surface area contributed by atoms with Crippen LogP contribution < -0.4 is 0 Å². The van der Waals surface area contributed by atoms with Crippen LogP contribution in [0.2, 0.25) is 0 Å². The van der Waals surface area contributed by atoms with Gasteiger partial charge in [-0.1, -0.05) is 6.92 Å². The van der Waals surface area contributed by atoms with E-state index in [9.17, 15) is 9.90 Å². The van der Waals surface area contributed by atoms with E-state index in [0.29, 0.717) is 5.56 Å². The minimum atomic E-state index is 0.231. The Kier molecular flexibility index (Phi) is 2.48. The van der Waals surface area contributed by atoms with Gasteiger partial charge in [-0.05, 0) is 36.6 Å². The third-order valence-corrected chi connectivity index (χ3v) is 1.96. The molecule has 0 amide bonds. The highest BCUT2D eigenvalue weighted by molar-refractivity contribution is 5.80. The predicted octanol–water partition coefficient (Wildman–Crippen LogP) is 2.08. The molecule has 0 atom stereocenters. The van der Waals surface area contributed by atoms with Gasteiger partial charge >= 0.3 is 0 Å². The number of carbonyl (C=O) groups excluding carboxylic acids is 1. The standard InChI is InChI=1S/C10H12O2/c1-3-8-5-9(12)4-7(2)10(8)6-11/h4-6,12H,3H2,1-2H3. The van der Waals surface area contributed by atoms with E-state index in [-0.39, 0.29) is 5.75 Å². The summed E-state index contributed by atoms with van der Waals surface area (Å²) in [6.45, 7) is 3.78. The van der Waals surface area contributed by atoms with E-state index < -0.39 is 0 Å². The fourth-order valence-electron chi connectivity index (χ4n) is 1.31. The van der Waals surface area contributed by atoms with Gasteiger partial charge in [0.1, 0.15) is 5.75 Å². The Morgan fingerprint density at radius 2 is 2.17 bits per heavy atom. The van der Waals surface area contributed by atoms with Crippen LogP contribution in [0.3, 0.4) is 0 Å². The van der Waals surface area contributed by atoms with Gasteiger partial charge in [0.2, 0.25) is 0 Å². The Morgan fingerprint density at radius 3 is 2.67 bits per heavy atom. The lowest BCUT2D eigenvalue weighted by Gasteiger charge is -2.05. The summed E-state index contributed by atoms with van der Waals surface area (Å²) in [6.07, 6.45) is 1.61. The number of aryl methyl sites for hydroxylation is 2. The van der Waals surface area contributed by atoms with Crippen molar-refractivity contribution in [2.75, 3.05) is 0 Å². The third-order valence-electron chi connectivity index (χ3n) is 1.96. The van der Waals surface area contributed by atoms with Crippen LogP contribution in [0.1, 0.15) is 28.4 Å². The lowest BCUT2D eigenvalue weighted by molar-refractivity contribution is 0.112. The summed E-state index contributed by atoms with van der Waals surface area (Å²) in [5, 5.41) is 9.23. The molecule has 2 heteroatoms. The quantitative estimate of drug-likeness (QED) is 0.679. The van der Waals surface area contributed by atoms with Gasteiger partial charge < -0.3 is 5.11 Å². The first-order valence-electron chi connectivity index (χ1n) is 3.96. The zero-order chi connectivity index (χ0) is 9.14. The summed E-state index contributed by atoms with van der Waals surface area (Å²) in [7, 11) is 0. The van der Waals surface area contributed by atoms with Gasteiger partial charge in [0.15, 0.2) is 6.29 Å². The van der Waals surface area contributed by atoms with E-state index in [1.165, 1.54) is 0 Å². The summed E-state index contributed by atoms with van der Waals surface area (Å²) in [4.78, 5) is 10.6. The summed E-state index contributed by atoms with van der Waals surface area (Å²) in [5.74, 6) is 0.231. The van der Waals surface area contributed by atoms with E-state index in [4.69, 9.17) is 0 Å². The summed E-state index contributed by atoms with van der Waals surface area (Å²) in [6, 6.07) is 3.24. The monoisotopic (exact) mass is 164 g/mol. The first-order chi connectivity index (χ1) is 5.69. The van der Waals surface area contributed by atoms with Gasteiger partial charge in [0.05, 0.1) is 0 Å². The molecule has 0 saturated heterocycles. The van der Waals surface area contributed by atoms with Crippen LogP contribution in [0, 0.1) is 6.92 Å². The molecular formula is C10H12O2. The molecular weight excluding hydrogens is 152 g/mol. The van der Waals surface area contributed by atoms with E-state index in [1.54, 1.807) is 12.1 Å². The number of aldehydes is 1. The van der Waals surface area contributed by atoms with Crippen molar-refractivity contribution in [1.82, 2.24) is 0 Å². The second-order valence-electron chi connectivity index (χ2n) is 2.81. The van der Waals surface area contributed by atoms with Crippen molar-refractivity contribution in [3.63, 3.8) is 0 Å². The SMILES string of the molecule is CCc1cc(O)cc(C)c1C=O. The minimum absolute atomic E-state index is 0.231. The molecule has 0 saturated carbocycles. The van der Waals surface area contributed by atoms with Crippen molar-refractivity contribution >= 4 is 6.29 Å². The Bertz CT molecular complexity index is 303. The molecule has 1 N–H and O–H groups in total. The molecule has 0 aromatic heterocycles. The number of carbonyl (C=O) groups is 1. The highest BCUT2D eigenvalue weighted by atomic mass is 16.3. The van der Waals surface area contributed by atoms with Crippen molar-refractivity contribution < 1.29 is 9.90 Å². The highest BCUT2D eigenvalue weighted by Gasteiger charge is 2.04. The maximum atomic E-state index is 10.6. The van der Waals surface area contributed by atoms with Gasteiger partial charge in [0.25, 0.3) is 0 Å². The number of aromatic hydroxyl groups is 1. The number of benzene rings is 1. The second-order valence-corrected chi connectivity index (χ2v) is 2.81. The summed E-state index contributed by atoms with van der Waals surface area (Å²) in [5.41, 5.74) is 2.44. The average Bonchev–Trinajstić information content (AvgIpc) is 2.03. The zero-order valence-corrected chi connectivity index (χ0v) is 7.29. The molecule has 0 spiro atoms. The number of rotatable bonds is 2. The number of phenolic OH excluding ortho intramolecular Hbond substituents is 1. The highest BCUT2D eigenvalue weighted by Crippen LogP contribution is 2.20. The zero-order valence-electron chi connectivity index (χ0n) is 7.29. The number of hydrogen-bond donors (Lipinski definition) is 1. The molecule has 0 bridgehead atoms. The molecule has 64 valence electrons. The first kappa shape index (κ1) is 8.78. The Labute approximate surface area is 71.8 Å². The van der Waals surface area contributed by atoms with E-state index in [2.05, 4.69) is 0 Å². The van der Waals surface area contributed by atoms with Crippen LogP contribution in [0.15, 0.2) is 12.1 Å². The van der Waals surface area contributed by atoms with Crippen LogP contribution in [-0.2, 0) is 6.42 Å². The van der Waals surface area contributed by atoms with E-state index in [1.807, 2.05) is 13.8 Å². The Balaban J connectivity index is 3.33. The van der Waals surface area contributed by atoms with Crippen molar-refractivity contribution in [1.29, 1.82) is 0 Å². The lowest BCUT2D eigenvalue weighted by Crippen LogP contribution is -1.94. The molecule has 0 radical (unpaired) electrons. The summed E-state index contributed by atoms with van der Waals surface area (Å²) >= 11 is 0. The van der Waals surface area contributed by atoms with Crippen molar-refractivity contribution in [3.05, 3.63) is 28.8 Å². The minimum Gasteiger partial charge on any atom is -0.508 e. The molecule has 0 unspecified atom stereocenters. The van der Waals surface area contributed by atoms with Gasteiger partial charge in [-0.3, -0.25) is 4.79 Å². The van der Waals surface area contributed by atoms with Gasteiger partial charge in [-0.15, -0.1) is 0 Å². The maximum absolute atomic E-state index is 10.6. The largest absolute Gasteiger partial charge is 0.508 e. The first-order valence-corrected chi connectivity index (χ1v) is 3.96. The molecule has 0 aliphatic heterocycles. The molecule has 2 nitrogen and oxygen atoms in total.